The third-order valence-corrected chi connectivity index (χ3v) is 3.71. The van der Waals surface area contributed by atoms with Crippen LogP contribution in [-0.4, -0.2) is 12.2 Å². The summed E-state index contributed by atoms with van der Waals surface area (Å²) in [5.41, 5.74) is 0. The van der Waals surface area contributed by atoms with Crippen LogP contribution >= 0.6 is 0 Å². The molecule has 118 valence electrons. The zero-order valence-corrected chi connectivity index (χ0v) is 14.1. The zero-order valence-electron chi connectivity index (χ0n) is 14.1. The van der Waals surface area contributed by atoms with Gasteiger partial charge >= 0.3 is 0 Å². The van der Waals surface area contributed by atoms with Gasteiger partial charge in [0.2, 0.25) is 0 Å². The Balaban J connectivity index is 0. The minimum atomic E-state index is 1.00. The fourth-order valence-electron chi connectivity index (χ4n) is 2.44. The maximum absolute atomic E-state index is 7.00. The van der Waals surface area contributed by atoms with Crippen molar-refractivity contribution in [1.29, 1.82) is 0 Å². The summed E-state index contributed by atoms with van der Waals surface area (Å²) >= 11 is 0. The van der Waals surface area contributed by atoms with Crippen molar-refractivity contribution in [3.63, 3.8) is 0 Å². The average molecular weight is 273 g/mol. The molecule has 1 N–H and O–H groups in total. The summed E-state index contributed by atoms with van der Waals surface area (Å²) in [7, 11) is 1.00. The summed E-state index contributed by atoms with van der Waals surface area (Å²) in [6, 6.07) is 0. The molecule has 0 rings (SSSR count). The van der Waals surface area contributed by atoms with E-state index in [1.165, 1.54) is 96.3 Å². The molecule has 0 spiro atoms. The van der Waals surface area contributed by atoms with E-state index >= 15 is 0 Å². The van der Waals surface area contributed by atoms with E-state index in [2.05, 4.69) is 13.8 Å². The van der Waals surface area contributed by atoms with Crippen molar-refractivity contribution in [3.05, 3.63) is 0 Å². The van der Waals surface area contributed by atoms with Crippen molar-refractivity contribution in [2.75, 3.05) is 7.11 Å². The Morgan fingerprint density at radius 1 is 0.368 bits per heavy atom. The number of unbranched alkanes of at least 4 members (excludes halogenated alkanes) is 14. The largest absolute Gasteiger partial charge is 0.400 e. The third kappa shape index (κ3) is 23.5. The summed E-state index contributed by atoms with van der Waals surface area (Å²) in [5.74, 6) is 0. The quantitative estimate of drug-likeness (QED) is 0.358. The minimum Gasteiger partial charge on any atom is -0.400 e. The fourth-order valence-corrected chi connectivity index (χ4v) is 2.44. The molecule has 0 saturated carbocycles. The Kier molecular flexibility index (Phi) is 25.8. The molecule has 0 aliphatic rings. The Morgan fingerprint density at radius 3 is 0.684 bits per heavy atom. The lowest BCUT2D eigenvalue weighted by Gasteiger charge is -2.02. The molecule has 0 atom stereocenters. The summed E-state index contributed by atoms with van der Waals surface area (Å²) in [6.45, 7) is 4.58. The summed E-state index contributed by atoms with van der Waals surface area (Å²) in [5, 5.41) is 7.00. The van der Waals surface area contributed by atoms with Gasteiger partial charge in [-0.05, 0) is 0 Å². The van der Waals surface area contributed by atoms with E-state index in [1.807, 2.05) is 0 Å². The van der Waals surface area contributed by atoms with Gasteiger partial charge < -0.3 is 5.11 Å². The second kappa shape index (κ2) is 23.1. The zero-order chi connectivity index (χ0) is 14.6. The van der Waals surface area contributed by atoms with E-state index in [1.54, 1.807) is 0 Å². The summed E-state index contributed by atoms with van der Waals surface area (Å²) in [6.07, 6.45) is 21.9. The molecule has 19 heavy (non-hydrogen) atoms. The molecule has 0 aliphatic carbocycles. The molecule has 0 amide bonds. The highest BCUT2D eigenvalue weighted by molar-refractivity contribution is 4.48. The molecule has 0 bridgehead atoms. The van der Waals surface area contributed by atoms with Gasteiger partial charge in [-0.15, -0.1) is 0 Å². The number of rotatable bonds is 14. The van der Waals surface area contributed by atoms with Gasteiger partial charge in [-0.2, -0.15) is 0 Å². The van der Waals surface area contributed by atoms with Crippen LogP contribution < -0.4 is 0 Å². The molecular formula is C18H40O. The van der Waals surface area contributed by atoms with Crippen molar-refractivity contribution >= 4 is 0 Å². The van der Waals surface area contributed by atoms with Gasteiger partial charge in [0, 0.05) is 7.11 Å². The molecule has 0 fully saturated rings. The number of hydrogen-bond acceptors (Lipinski definition) is 1. The standard InChI is InChI=1S/C17H36.CH4O/c1-3-5-7-9-11-13-15-17-16-14-12-10-8-6-4-2;1-2/h3-17H2,1-2H3;2H,1H3. The Bertz CT molecular complexity index is 109. The maximum Gasteiger partial charge on any atom is 0.0319 e. The van der Waals surface area contributed by atoms with Crippen molar-refractivity contribution < 1.29 is 5.11 Å². The van der Waals surface area contributed by atoms with E-state index in [4.69, 9.17) is 5.11 Å². The first-order valence-electron chi connectivity index (χ1n) is 8.86. The molecule has 1 nitrogen and oxygen atoms in total. The van der Waals surface area contributed by atoms with Crippen molar-refractivity contribution in [2.45, 2.75) is 110 Å². The average Bonchev–Trinajstić information content (AvgIpc) is 2.46. The number of aliphatic hydroxyl groups is 1. The lowest BCUT2D eigenvalue weighted by atomic mass is 10.0. The van der Waals surface area contributed by atoms with Crippen LogP contribution in [0.2, 0.25) is 0 Å². The normalized spacial score (nSPS) is 10.1. The van der Waals surface area contributed by atoms with Gasteiger partial charge in [-0.1, -0.05) is 110 Å². The van der Waals surface area contributed by atoms with E-state index < -0.39 is 0 Å². The lowest BCUT2D eigenvalue weighted by Crippen LogP contribution is -1.82. The van der Waals surface area contributed by atoms with Crippen LogP contribution in [-0.2, 0) is 0 Å². The Hall–Kier alpha value is -0.0400. The van der Waals surface area contributed by atoms with E-state index in [-0.39, 0.29) is 0 Å². The highest BCUT2D eigenvalue weighted by Gasteiger charge is 1.93. The molecule has 0 unspecified atom stereocenters. The first-order valence-corrected chi connectivity index (χ1v) is 8.86. The predicted octanol–water partition coefficient (Wildman–Crippen LogP) is 6.49. The second-order valence-corrected chi connectivity index (χ2v) is 5.60. The number of aliphatic hydroxyl groups excluding tert-OH is 1. The summed E-state index contributed by atoms with van der Waals surface area (Å²) in [4.78, 5) is 0. The van der Waals surface area contributed by atoms with Crippen LogP contribution in [0.5, 0.6) is 0 Å². The molecule has 0 aliphatic heterocycles. The SMILES string of the molecule is CCCCCCCCCCCCCCCCC.CO. The molecular weight excluding hydrogens is 232 g/mol. The van der Waals surface area contributed by atoms with Gasteiger partial charge in [-0.3, -0.25) is 0 Å². The Labute approximate surface area is 123 Å². The van der Waals surface area contributed by atoms with Gasteiger partial charge in [0.05, 0.1) is 0 Å². The molecule has 0 saturated heterocycles. The van der Waals surface area contributed by atoms with Crippen LogP contribution in [0.25, 0.3) is 0 Å². The van der Waals surface area contributed by atoms with Crippen LogP contribution in [0.4, 0.5) is 0 Å². The van der Waals surface area contributed by atoms with Gasteiger partial charge in [0.25, 0.3) is 0 Å². The molecule has 0 aromatic carbocycles. The first kappa shape index (κ1) is 21.3. The topological polar surface area (TPSA) is 20.2 Å². The highest BCUT2D eigenvalue weighted by atomic mass is 16.2. The van der Waals surface area contributed by atoms with Crippen molar-refractivity contribution in [1.82, 2.24) is 0 Å². The maximum atomic E-state index is 7.00. The predicted molar refractivity (Wildman–Crippen MR) is 88.7 cm³/mol. The summed E-state index contributed by atoms with van der Waals surface area (Å²) < 4.78 is 0. The van der Waals surface area contributed by atoms with Gasteiger partial charge in [0.1, 0.15) is 0 Å². The molecule has 0 heterocycles. The lowest BCUT2D eigenvalue weighted by molar-refractivity contribution is 0.399. The van der Waals surface area contributed by atoms with Gasteiger partial charge in [0.15, 0.2) is 0 Å². The Morgan fingerprint density at radius 2 is 0.526 bits per heavy atom. The van der Waals surface area contributed by atoms with E-state index in [9.17, 15) is 0 Å². The second-order valence-electron chi connectivity index (χ2n) is 5.60. The van der Waals surface area contributed by atoms with Crippen LogP contribution in [0.3, 0.4) is 0 Å². The molecule has 0 aromatic rings. The van der Waals surface area contributed by atoms with Crippen LogP contribution in [0, 0.1) is 0 Å². The monoisotopic (exact) mass is 272 g/mol. The minimum absolute atomic E-state index is 1.00. The van der Waals surface area contributed by atoms with Crippen LogP contribution in [0.15, 0.2) is 0 Å². The fraction of sp³-hybridized carbons (Fsp3) is 1.00. The number of hydrogen-bond donors (Lipinski definition) is 1. The molecule has 1 heteroatoms. The molecule has 0 radical (unpaired) electrons. The van der Waals surface area contributed by atoms with Crippen molar-refractivity contribution in [3.8, 4) is 0 Å². The highest BCUT2D eigenvalue weighted by Crippen LogP contribution is 2.13. The third-order valence-electron chi connectivity index (χ3n) is 3.71. The van der Waals surface area contributed by atoms with E-state index in [0.29, 0.717) is 0 Å². The molecule has 0 aromatic heterocycles. The van der Waals surface area contributed by atoms with E-state index in [0.717, 1.165) is 7.11 Å². The van der Waals surface area contributed by atoms with Crippen molar-refractivity contribution in [2.24, 2.45) is 0 Å². The van der Waals surface area contributed by atoms with Crippen LogP contribution in [0.1, 0.15) is 110 Å². The smallest absolute Gasteiger partial charge is 0.0319 e. The first-order chi connectivity index (χ1) is 9.41. The van der Waals surface area contributed by atoms with Gasteiger partial charge in [-0.25, -0.2) is 0 Å².